The summed E-state index contributed by atoms with van der Waals surface area (Å²) >= 11 is 2.00. The third-order valence-electron chi connectivity index (χ3n) is 3.62. The summed E-state index contributed by atoms with van der Waals surface area (Å²) in [5.74, 6) is 1.02. The molecule has 0 spiro atoms. The van der Waals surface area contributed by atoms with E-state index in [0.717, 1.165) is 24.4 Å². The summed E-state index contributed by atoms with van der Waals surface area (Å²) in [4.78, 5) is 0. The number of aromatic nitrogens is 4. The van der Waals surface area contributed by atoms with Gasteiger partial charge in [-0.25, -0.2) is 4.39 Å². The summed E-state index contributed by atoms with van der Waals surface area (Å²) < 4.78 is 15.9. The molecule has 0 N–H and O–H groups in total. The highest BCUT2D eigenvalue weighted by molar-refractivity contribution is 14.1. The Balaban J connectivity index is 2.01. The first-order valence-corrected chi connectivity index (χ1v) is 7.58. The molecule has 1 saturated carbocycles. The van der Waals surface area contributed by atoms with Crippen LogP contribution in [0.5, 0.6) is 0 Å². The van der Waals surface area contributed by atoms with Crippen molar-refractivity contribution in [3.8, 4) is 5.69 Å². The second-order valence-electron chi connectivity index (χ2n) is 4.86. The average molecular weight is 372 g/mol. The van der Waals surface area contributed by atoms with E-state index in [2.05, 4.69) is 15.5 Å². The van der Waals surface area contributed by atoms with Crippen molar-refractivity contribution < 1.29 is 4.39 Å². The highest BCUT2D eigenvalue weighted by Gasteiger charge is 2.23. The summed E-state index contributed by atoms with van der Waals surface area (Å²) in [5, 5.41) is 12.0. The Morgan fingerprint density at radius 3 is 2.79 bits per heavy atom. The molecule has 1 aliphatic rings. The van der Waals surface area contributed by atoms with Gasteiger partial charge in [0.2, 0.25) is 0 Å². The van der Waals surface area contributed by atoms with Crippen LogP contribution in [0.3, 0.4) is 0 Å². The first kappa shape index (κ1) is 13.0. The summed E-state index contributed by atoms with van der Waals surface area (Å²) in [6.07, 6.45) is 5.96. The molecule has 2 aromatic rings. The summed E-state index contributed by atoms with van der Waals surface area (Å²) in [6.45, 7) is 0. The van der Waals surface area contributed by atoms with Crippen LogP contribution in [0.1, 0.15) is 43.8 Å². The second-order valence-corrected chi connectivity index (χ2v) is 5.94. The van der Waals surface area contributed by atoms with Crippen LogP contribution in [0.2, 0.25) is 0 Å². The van der Waals surface area contributed by atoms with Crippen molar-refractivity contribution in [3.63, 3.8) is 0 Å². The van der Waals surface area contributed by atoms with E-state index in [4.69, 9.17) is 0 Å². The van der Waals surface area contributed by atoms with Crippen LogP contribution in [0.4, 0.5) is 4.39 Å². The lowest BCUT2D eigenvalue weighted by atomic mass is 9.89. The molecule has 0 unspecified atom stereocenters. The van der Waals surface area contributed by atoms with Crippen LogP contribution in [0.15, 0.2) is 18.2 Å². The quantitative estimate of drug-likeness (QED) is 0.759. The predicted octanol–water partition coefficient (Wildman–Crippen LogP) is 3.45. The molecule has 0 amide bonds. The van der Waals surface area contributed by atoms with Gasteiger partial charge in [-0.05, 0) is 58.0 Å². The fourth-order valence-electron chi connectivity index (χ4n) is 2.64. The van der Waals surface area contributed by atoms with Gasteiger partial charge in [-0.15, -0.1) is 5.10 Å². The Labute approximate surface area is 124 Å². The van der Waals surface area contributed by atoms with E-state index < -0.39 is 0 Å². The standard InChI is InChI=1S/C13H14FIN4/c14-10-7-4-8-11(12(10)15)19-13(16-17-18-19)9-5-2-1-3-6-9/h4,7-9H,1-3,5-6H2. The minimum absolute atomic E-state index is 0.233. The highest BCUT2D eigenvalue weighted by Crippen LogP contribution is 2.32. The van der Waals surface area contributed by atoms with E-state index in [1.807, 2.05) is 28.7 Å². The van der Waals surface area contributed by atoms with Crippen LogP contribution in [-0.4, -0.2) is 20.2 Å². The monoisotopic (exact) mass is 372 g/mol. The van der Waals surface area contributed by atoms with E-state index >= 15 is 0 Å². The van der Waals surface area contributed by atoms with Crippen molar-refractivity contribution in [2.24, 2.45) is 0 Å². The first-order chi connectivity index (χ1) is 9.27. The minimum Gasteiger partial charge on any atom is -0.206 e. The number of nitrogens with zero attached hydrogens (tertiary/aromatic N) is 4. The Morgan fingerprint density at radius 1 is 1.21 bits per heavy atom. The zero-order valence-electron chi connectivity index (χ0n) is 10.4. The SMILES string of the molecule is Fc1cccc(-n2nnnc2C2CCCCC2)c1I. The molecule has 0 radical (unpaired) electrons. The molecule has 6 heteroatoms. The Kier molecular flexibility index (Phi) is 3.76. The maximum atomic E-state index is 13.7. The Hall–Kier alpha value is -1.05. The first-order valence-electron chi connectivity index (χ1n) is 6.50. The van der Waals surface area contributed by atoms with Crippen molar-refractivity contribution >= 4 is 22.6 Å². The van der Waals surface area contributed by atoms with Gasteiger partial charge in [0, 0.05) is 5.92 Å². The number of rotatable bonds is 2. The predicted molar refractivity (Wildman–Crippen MR) is 77.7 cm³/mol. The summed E-state index contributed by atoms with van der Waals surface area (Å²) in [6, 6.07) is 5.00. The van der Waals surface area contributed by atoms with Crippen LogP contribution in [0, 0.1) is 9.39 Å². The number of hydrogen-bond acceptors (Lipinski definition) is 3. The van der Waals surface area contributed by atoms with Gasteiger partial charge in [0.25, 0.3) is 0 Å². The molecule has 0 atom stereocenters. The maximum Gasteiger partial charge on any atom is 0.159 e. The molecule has 1 aromatic heterocycles. The largest absolute Gasteiger partial charge is 0.206 e. The van der Waals surface area contributed by atoms with Crippen molar-refractivity contribution in [2.45, 2.75) is 38.0 Å². The number of halogens is 2. The van der Waals surface area contributed by atoms with E-state index in [1.54, 1.807) is 10.7 Å². The summed E-state index contributed by atoms with van der Waals surface area (Å²) in [7, 11) is 0. The molecule has 1 heterocycles. The van der Waals surface area contributed by atoms with Gasteiger partial charge in [-0.3, -0.25) is 0 Å². The van der Waals surface area contributed by atoms with E-state index in [-0.39, 0.29) is 5.82 Å². The molecular weight excluding hydrogens is 358 g/mol. The van der Waals surface area contributed by atoms with Gasteiger partial charge < -0.3 is 0 Å². The van der Waals surface area contributed by atoms with Crippen LogP contribution in [0.25, 0.3) is 5.69 Å². The third kappa shape index (κ3) is 2.50. The van der Waals surface area contributed by atoms with Crippen LogP contribution < -0.4 is 0 Å². The zero-order chi connectivity index (χ0) is 13.2. The van der Waals surface area contributed by atoms with Gasteiger partial charge in [0.1, 0.15) is 5.82 Å². The summed E-state index contributed by atoms with van der Waals surface area (Å²) in [5.41, 5.74) is 0.728. The average Bonchev–Trinajstić information content (AvgIpc) is 2.92. The van der Waals surface area contributed by atoms with Gasteiger partial charge >= 0.3 is 0 Å². The second kappa shape index (κ2) is 5.52. The lowest BCUT2D eigenvalue weighted by molar-refractivity contribution is 0.422. The third-order valence-corrected chi connectivity index (χ3v) is 4.69. The molecule has 3 rings (SSSR count). The Bertz CT molecular complexity index is 578. The minimum atomic E-state index is -0.233. The number of benzene rings is 1. The van der Waals surface area contributed by atoms with Crippen molar-refractivity contribution in [2.75, 3.05) is 0 Å². The Morgan fingerprint density at radius 2 is 2.00 bits per heavy atom. The maximum absolute atomic E-state index is 13.7. The van der Waals surface area contributed by atoms with Gasteiger partial charge in [-0.1, -0.05) is 25.3 Å². The van der Waals surface area contributed by atoms with Gasteiger partial charge in [-0.2, -0.15) is 4.68 Å². The van der Waals surface area contributed by atoms with Crippen molar-refractivity contribution in [3.05, 3.63) is 33.4 Å². The van der Waals surface area contributed by atoms with Crippen molar-refractivity contribution in [1.29, 1.82) is 0 Å². The topological polar surface area (TPSA) is 43.6 Å². The molecule has 19 heavy (non-hydrogen) atoms. The molecule has 1 aromatic carbocycles. The fourth-order valence-corrected chi connectivity index (χ4v) is 3.23. The normalized spacial score (nSPS) is 16.7. The molecule has 1 fully saturated rings. The van der Waals surface area contributed by atoms with Crippen LogP contribution in [-0.2, 0) is 0 Å². The molecule has 0 saturated heterocycles. The molecule has 0 bridgehead atoms. The van der Waals surface area contributed by atoms with Gasteiger partial charge in [0.05, 0.1) is 9.26 Å². The van der Waals surface area contributed by atoms with Crippen LogP contribution >= 0.6 is 22.6 Å². The van der Waals surface area contributed by atoms with E-state index in [0.29, 0.717) is 9.49 Å². The molecule has 4 nitrogen and oxygen atoms in total. The van der Waals surface area contributed by atoms with Crippen molar-refractivity contribution in [1.82, 2.24) is 20.2 Å². The fraction of sp³-hybridized carbons (Fsp3) is 0.462. The lowest BCUT2D eigenvalue weighted by Gasteiger charge is -2.20. The highest BCUT2D eigenvalue weighted by atomic mass is 127. The zero-order valence-corrected chi connectivity index (χ0v) is 12.5. The number of tetrazole rings is 1. The molecule has 0 aliphatic heterocycles. The van der Waals surface area contributed by atoms with E-state index in [9.17, 15) is 4.39 Å². The molecular formula is C13H14FIN4. The molecule has 1 aliphatic carbocycles. The lowest BCUT2D eigenvalue weighted by Crippen LogP contribution is -2.13. The van der Waals surface area contributed by atoms with Gasteiger partial charge in [0.15, 0.2) is 5.82 Å². The smallest absolute Gasteiger partial charge is 0.159 e. The van der Waals surface area contributed by atoms with E-state index in [1.165, 1.54) is 25.3 Å². The number of hydrogen-bond donors (Lipinski definition) is 0. The molecule has 100 valence electrons.